The summed E-state index contributed by atoms with van der Waals surface area (Å²) in [6.07, 6.45) is -2.39. The third-order valence-electron chi connectivity index (χ3n) is 2.99. The van der Waals surface area contributed by atoms with Crippen LogP contribution in [0.3, 0.4) is 0 Å². The van der Waals surface area contributed by atoms with Crippen LogP contribution in [-0.4, -0.2) is 24.2 Å². The molecule has 1 rings (SSSR count). The van der Waals surface area contributed by atoms with E-state index in [0.717, 1.165) is 25.7 Å². The van der Waals surface area contributed by atoms with Crippen molar-refractivity contribution in [1.29, 1.82) is 0 Å². The highest BCUT2D eigenvalue weighted by Gasteiger charge is 2.35. The van der Waals surface area contributed by atoms with Gasteiger partial charge in [0.05, 0.1) is 12.0 Å². The van der Waals surface area contributed by atoms with Crippen LogP contribution in [0.1, 0.15) is 38.5 Å². The molecule has 0 unspecified atom stereocenters. The van der Waals surface area contributed by atoms with Crippen LogP contribution < -0.4 is 11.1 Å². The predicted octanol–water partition coefficient (Wildman–Crippen LogP) is 2.14. The smallest absolute Gasteiger partial charge is 0.349 e. The molecule has 0 aromatic heterocycles. The Kier molecular flexibility index (Phi) is 6.26. The van der Waals surface area contributed by atoms with Crippen molar-refractivity contribution in [3.8, 4) is 0 Å². The summed E-state index contributed by atoms with van der Waals surface area (Å²) in [5.74, 6) is -0.551. The van der Waals surface area contributed by atoms with E-state index in [1.165, 1.54) is 0 Å². The van der Waals surface area contributed by atoms with Gasteiger partial charge in [-0.05, 0) is 12.8 Å². The fourth-order valence-corrected chi connectivity index (χ4v) is 2.05. The topological polar surface area (TPSA) is 55.1 Å². The number of halogens is 4. The molecule has 0 radical (unpaired) electrons. The molecular weight excluding hydrogens is 257 g/mol. The number of rotatable bonds is 4. The molecule has 1 saturated carbocycles. The SMILES string of the molecule is Cl.NCC1(NC(=O)CCC(F)(F)F)CCCC1. The summed E-state index contributed by atoms with van der Waals surface area (Å²) in [4.78, 5) is 11.3. The first-order chi connectivity index (χ1) is 7.37. The van der Waals surface area contributed by atoms with E-state index in [1.54, 1.807) is 0 Å². The quantitative estimate of drug-likeness (QED) is 0.825. The zero-order valence-electron chi connectivity index (χ0n) is 9.48. The van der Waals surface area contributed by atoms with Crippen molar-refractivity contribution in [2.24, 2.45) is 5.73 Å². The molecule has 3 nitrogen and oxygen atoms in total. The van der Waals surface area contributed by atoms with E-state index < -0.39 is 30.5 Å². The van der Waals surface area contributed by atoms with Gasteiger partial charge in [-0.25, -0.2) is 0 Å². The van der Waals surface area contributed by atoms with Gasteiger partial charge in [-0.15, -0.1) is 12.4 Å². The molecule has 0 aliphatic heterocycles. The summed E-state index contributed by atoms with van der Waals surface area (Å²) >= 11 is 0. The maximum Gasteiger partial charge on any atom is 0.389 e. The second-order valence-corrected chi connectivity index (χ2v) is 4.35. The van der Waals surface area contributed by atoms with Gasteiger partial charge < -0.3 is 11.1 Å². The molecule has 3 N–H and O–H groups in total. The normalized spacial score (nSPS) is 18.6. The lowest BCUT2D eigenvalue weighted by Gasteiger charge is -2.28. The average molecular weight is 275 g/mol. The average Bonchev–Trinajstić information content (AvgIpc) is 2.63. The molecule has 1 amide bonds. The van der Waals surface area contributed by atoms with Gasteiger partial charge in [0.15, 0.2) is 0 Å². The molecule has 7 heteroatoms. The molecule has 0 atom stereocenters. The highest BCUT2D eigenvalue weighted by Crippen LogP contribution is 2.29. The standard InChI is InChI=1S/C10H17F3N2O.ClH/c11-10(12,13)6-3-8(16)15-9(7-14)4-1-2-5-9;/h1-7,14H2,(H,15,16);1H. The fourth-order valence-electron chi connectivity index (χ4n) is 2.05. The van der Waals surface area contributed by atoms with Crippen LogP contribution in [0.5, 0.6) is 0 Å². The lowest BCUT2D eigenvalue weighted by molar-refractivity contribution is -0.144. The largest absolute Gasteiger partial charge is 0.389 e. The molecule has 1 aliphatic rings. The molecule has 0 heterocycles. The van der Waals surface area contributed by atoms with Crippen molar-refractivity contribution in [2.75, 3.05) is 6.54 Å². The van der Waals surface area contributed by atoms with Crippen molar-refractivity contribution in [2.45, 2.75) is 50.2 Å². The van der Waals surface area contributed by atoms with Crippen LogP contribution in [0, 0.1) is 0 Å². The summed E-state index contributed by atoms with van der Waals surface area (Å²) in [7, 11) is 0. The summed E-state index contributed by atoms with van der Waals surface area (Å²) in [5.41, 5.74) is 5.11. The number of amides is 1. The number of carbonyl (C=O) groups excluding carboxylic acids is 1. The molecule has 1 fully saturated rings. The summed E-state index contributed by atoms with van der Waals surface area (Å²) < 4.78 is 35.7. The highest BCUT2D eigenvalue weighted by molar-refractivity contribution is 5.85. The first-order valence-corrected chi connectivity index (χ1v) is 5.45. The summed E-state index contributed by atoms with van der Waals surface area (Å²) in [6, 6.07) is 0. The molecule has 1 aliphatic carbocycles. The number of nitrogens with two attached hydrogens (primary N) is 1. The Morgan fingerprint density at radius 1 is 1.29 bits per heavy atom. The van der Waals surface area contributed by atoms with Crippen LogP contribution in [-0.2, 0) is 4.79 Å². The second-order valence-electron chi connectivity index (χ2n) is 4.35. The van der Waals surface area contributed by atoms with Crippen molar-refractivity contribution in [1.82, 2.24) is 5.32 Å². The number of carbonyl (C=O) groups is 1. The fraction of sp³-hybridized carbons (Fsp3) is 0.900. The Hall–Kier alpha value is -0.490. The first kappa shape index (κ1) is 16.5. The molecule has 0 spiro atoms. The van der Waals surface area contributed by atoms with Crippen LogP contribution >= 0.6 is 12.4 Å². The predicted molar refractivity (Wildman–Crippen MR) is 60.9 cm³/mol. The third kappa shape index (κ3) is 5.59. The monoisotopic (exact) mass is 274 g/mol. The Morgan fingerprint density at radius 3 is 2.24 bits per heavy atom. The number of hydrogen-bond donors (Lipinski definition) is 2. The molecule has 0 aromatic rings. The van der Waals surface area contributed by atoms with Gasteiger partial charge in [0.25, 0.3) is 0 Å². The lowest BCUT2D eigenvalue weighted by Crippen LogP contribution is -2.51. The van der Waals surface area contributed by atoms with Gasteiger partial charge in [-0.1, -0.05) is 12.8 Å². The Balaban J connectivity index is 0.00000256. The van der Waals surface area contributed by atoms with Crippen LogP contribution in [0.2, 0.25) is 0 Å². The molecule has 17 heavy (non-hydrogen) atoms. The van der Waals surface area contributed by atoms with Gasteiger partial charge in [0.2, 0.25) is 5.91 Å². The minimum atomic E-state index is -4.27. The molecule has 0 saturated heterocycles. The first-order valence-electron chi connectivity index (χ1n) is 5.45. The van der Waals surface area contributed by atoms with E-state index in [1.807, 2.05) is 0 Å². The van der Waals surface area contributed by atoms with Crippen molar-refractivity contribution in [3.63, 3.8) is 0 Å². The van der Waals surface area contributed by atoms with Crippen LogP contribution in [0.25, 0.3) is 0 Å². The van der Waals surface area contributed by atoms with E-state index in [-0.39, 0.29) is 12.4 Å². The molecule has 0 aromatic carbocycles. The number of hydrogen-bond acceptors (Lipinski definition) is 2. The van der Waals surface area contributed by atoms with E-state index >= 15 is 0 Å². The maximum atomic E-state index is 11.9. The van der Waals surface area contributed by atoms with Crippen molar-refractivity contribution >= 4 is 18.3 Å². The third-order valence-corrected chi connectivity index (χ3v) is 2.99. The van der Waals surface area contributed by atoms with Crippen LogP contribution in [0.15, 0.2) is 0 Å². The zero-order chi connectivity index (χ0) is 12.2. The minimum absolute atomic E-state index is 0. The van der Waals surface area contributed by atoms with Crippen molar-refractivity contribution in [3.05, 3.63) is 0 Å². The Bertz CT molecular complexity index is 252. The van der Waals surface area contributed by atoms with E-state index in [0.29, 0.717) is 6.54 Å². The Labute approximate surface area is 105 Å². The maximum absolute atomic E-state index is 11.9. The molecule has 0 bridgehead atoms. The van der Waals surface area contributed by atoms with Crippen LogP contribution in [0.4, 0.5) is 13.2 Å². The van der Waals surface area contributed by atoms with Gasteiger partial charge in [-0.3, -0.25) is 4.79 Å². The lowest BCUT2D eigenvalue weighted by atomic mass is 9.97. The van der Waals surface area contributed by atoms with E-state index in [9.17, 15) is 18.0 Å². The minimum Gasteiger partial charge on any atom is -0.349 e. The molecule has 102 valence electrons. The van der Waals surface area contributed by atoms with Gasteiger partial charge in [-0.2, -0.15) is 13.2 Å². The van der Waals surface area contributed by atoms with E-state index in [4.69, 9.17) is 5.73 Å². The number of nitrogens with one attached hydrogen (secondary N) is 1. The van der Waals surface area contributed by atoms with Gasteiger partial charge in [0, 0.05) is 13.0 Å². The number of alkyl halides is 3. The van der Waals surface area contributed by atoms with Gasteiger partial charge >= 0.3 is 6.18 Å². The second kappa shape index (κ2) is 6.44. The van der Waals surface area contributed by atoms with Gasteiger partial charge in [0.1, 0.15) is 0 Å². The summed E-state index contributed by atoms with van der Waals surface area (Å²) in [5, 5.41) is 2.65. The van der Waals surface area contributed by atoms with Crippen molar-refractivity contribution < 1.29 is 18.0 Å². The Morgan fingerprint density at radius 2 is 1.82 bits per heavy atom. The summed E-state index contributed by atoms with van der Waals surface area (Å²) in [6.45, 7) is 0.296. The molecular formula is C10H18ClF3N2O. The highest BCUT2D eigenvalue weighted by atomic mass is 35.5. The zero-order valence-corrected chi connectivity index (χ0v) is 10.3. The van der Waals surface area contributed by atoms with E-state index in [2.05, 4.69) is 5.32 Å².